The van der Waals surface area contributed by atoms with Crippen molar-refractivity contribution in [3.05, 3.63) is 99.4 Å². The van der Waals surface area contributed by atoms with Gasteiger partial charge in [0, 0.05) is 41.1 Å². The number of nitrogens with zero attached hydrogens (tertiary/aromatic N) is 3. The fourth-order valence-corrected chi connectivity index (χ4v) is 3.68. The highest BCUT2D eigenvalue weighted by molar-refractivity contribution is 6.42. The molecular weight excluding hydrogens is 419 g/mol. The van der Waals surface area contributed by atoms with Crippen molar-refractivity contribution < 1.29 is 4.79 Å². The summed E-state index contributed by atoms with van der Waals surface area (Å²) >= 11 is 12.2. The first kappa shape index (κ1) is 20.1. The molecule has 0 saturated carbocycles. The Kier molecular flexibility index (Phi) is 5.84. The van der Waals surface area contributed by atoms with E-state index in [9.17, 15) is 4.79 Å². The van der Waals surface area contributed by atoms with Crippen LogP contribution in [0, 0.1) is 6.92 Å². The Bertz CT molecular complexity index is 1250. The van der Waals surface area contributed by atoms with Crippen LogP contribution in [0.3, 0.4) is 0 Å². The Hall–Kier alpha value is -3.15. The number of hydrogen-bond acceptors (Lipinski definition) is 3. The highest BCUT2D eigenvalue weighted by atomic mass is 35.5. The lowest BCUT2D eigenvalue weighted by molar-refractivity contribution is 0.0955. The average Bonchev–Trinajstić information content (AvgIpc) is 3.03. The van der Waals surface area contributed by atoms with Gasteiger partial charge in [0.15, 0.2) is 0 Å². The van der Waals surface area contributed by atoms with Crippen molar-refractivity contribution in [1.82, 2.24) is 15.0 Å². The summed E-state index contributed by atoms with van der Waals surface area (Å²) in [5.41, 5.74) is 7.10. The number of hydrazone groups is 1. The molecular formula is C23H18Cl2N4O. The quantitative estimate of drug-likeness (QED) is 0.333. The number of carbonyl (C=O) groups is 1. The molecule has 4 rings (SSSR count). The molecule has 1 N–H and O–H groups in total. The van der Waals surface area contributed by atoms with Crippen LogP contribution < -0.4 is 5.43 Å². The van der Waals surface area contributed by atoms with E-state index in [1.165, 1.54) is 6.20 Å². The number of halogens is 2. The Labute approximate surface area is 184 Å². The highest BCUT2D eigenvalue weighted by Gasteiger charge is 2.13. The van der Waals surface area contributed by atoms with Gasteiger partial charge in [-0.3, -0.25) is 9.78 Å². The van der Waals surface area contributed by atoms with E-state index in [0.717, 1.165) is 27.7 Å². The minimum atomic E-state index is -0.309. The molecule has 0 saturated heterocycles. The van der Waals surface area contributed by atoms with Gasteiger partial charge in [-0.25, -0.2) is 5.43 Å². The van der Waals surface area contributed by atoms with E-state index in [2.05, 4.69) is 26.1 Å². The van der Waals surface area contributed by atoms with Crippen molar-refractivity contribution in [3.8, 4) is 0 Å². The predicted octanol–water partition coefficient (Wildman–Crippen LogP) is 5.46. The third kappa shape index (κ3) is 4.08. The maximum absolute atomic E-state index is 12.2. The molecule has 2 heterocycles. The fourth-order valence-electron chi connectivity index (χ4n) is 3.36. The van der Waals surface area contributed by atoms with Gasteiger partial charge in [0.1, 0.15) is 0 Å². The van der Waals surface area contributed by atoms with Crippen LogP contribution in [0.4, 0.5) is 0 Å². The number of aromatic nitrogens is 2. The number of benzene rings is 2. The van der Waals surface area contributed by atoms with E-state index in [4.69, 9.17) is 23.2 Å². The summed E-state index contributed by atoms with van der Waals surface area (Å²) in [6.07, 6.45) is 4.79. The second kappa shape index (κ2) is 8.69. The molecule has 5 nitrogen and oxygen atoms in total. The fraction of sp³-hybridized carbons (Fsp3) is 0.0870. The van der Waals surface area contributed by atoms with Gasteiger partial charge in [0.25, 0.3) is 5.91 Å². The van der Waals surface area contributed by atoms with Crippen molar-refractivity contribution in [1.29, 1.82) is 0 Å². The number of carbonyl (C=O) groups excluding carboxylic acids is 1. The zero-order valence-electron chi connectivity index (χ0n) is 16.1. The summed E-state index contributed by atoms with van der Waals surface area (Å²) in [5.74, 6) is -0.309. The van der Waals surface area contributed by atoms with Gasteiger partial charge >= 0.3 is 0 Å². The first-order valence-corrected chi connectivity index (χ1v) is 10.1. The van der Waals surface area contributed by atoms with E-state index < -0.39 is 0 Å². The summed E-state index contributed by atoms with van der Waals surface area (Å²) in [6, 6.07) is 17.1. The number of amides is 1. The largest absolute Gasteiger partial charge is 0.340 e. The summed E-state index contributed by atoms with van der Waals surface area (Å²) < 4.78 is 2.19. The van der Waals surface area contributed by atoms with Gasteiger partial charge in [-0.1, -0.05) is 47.5 Å². The van der Waals surface area contributed by atoms with E-state index in [-0.39, 0.29) is 5.91 Å². The second-order valence-corrected chi connectivity index (χ2v) is 7.61. The van der Waals surface area contributed by atoms with Crippen LogP contribution >= 0.6 is 23.2 Å². The normalized spacial score (nSPS) is 11.3. The summed E-state index contributed by atoms with van der Waals surface area (Å²) in [4.78, 5) is 16.1. The van der Waals surface area contributed by atoms with E-state index in [1.54, 1.807) is 30.6 Å². The molecule has 0 spiro atoms. The van der Waals surface area contributed by atoms with Crippen LogP contribution in [-0.4, -0.2) is 21.7 Å². The van der Waals surface area contributed by atoms with Crippen LogP contribution in [0.2, 0.25) is 10.0 Å². The number of hydrogen-bond donors (Lipinski definition) is 1. The van der Waals surface area contributed by atoms with Crippen molar-refractivity contribution in [2.24, 2.45) is 5.10 Å². The minimum absolute atomic E-state index is 0.309. The zero-order valence-corrected chi connectivity index (χ0v) is 17.7. The maximum atomic E-state index is 12.2. The second-order valence-electron chi connectivity index (χ2n) is 6.79. The highest BCUT2D eigenvalue weighted by Crippen LogP contribution is 2.27. The molecule has 0 unspecified atom stereocenters. The molecule has 0 radical (unpaired) electrons. The average molecular weight is 437 g/mol. The molecule has 4 aromatic rings. The molecule has 1 amide bonds. The molecule has 2 aromatic carbocycles. The summed E-state index contributed by atoms with van der Waals surface area (Å²) in [7, 11) is 0. The number of rotatable bonds is 5. The molecule has 0 fully saturated rings. The van der Waals surface area contributed by atoms with Crippen LogP contribution in [-0.2, 0) is 6.54 Å². The Morgan fingerprint density at radius 2 is 1.97 bits per heavy atom. The molecule has 150 valence electrons. The molecule has 0 atom stereocenters. The Balaban J connectivity index is 1.65. The van der Waals surface area contributed by atoms with Crippen molar-refractivity contribution in [2.75, 3.05) is 0 Å². The SMILES string of the molecule is Cc1c(/C=N\NC(=O)c2cccnc2)c2ccccc2n1Cc1ccc(Cl)c(Cl)c1. The van der Waals surface area contributed by atoms with Crippen molar-refractivity contribution >= 4 is 46.2 Å². The summed E-state index contributed by atoms with van der Waals surface area (Å²) in [5, 5.41) is 6.29. The van der Waals surface area contributed by atoms with Gasteiger partial charge in [-0.05, 0) is 42.8 Å². The lowest BCUT2D eigenvalue weighted by Crippen LogP contribution is -2.17. The van der Waals surface area contributed by atoms with Gasteiger partial charge < -0.3 is 4.57 Å². The van der Waals surface area contributed by atoms with Gasteiger partial charge in [0.05, 0.1) is 21.8 Å². The van der Waals surface area contributed by atoms with E-state index in [1.807, 2.05) is 37.3 Å². The molecule has 0 aliphatic carbocycles. The number of pyridine rings is 1. The zero-order chi connectivity index (χ0) is 21.1. The smallest absolute Gasteiger partial charge is 0.272 e. The van der Waals surface area contributed by atoms with E-state index >= 15 is 0 Å². The first-order valence-electron chi connectivity index (χ1n) is 9.30. The molecule has 0 bridgehead atoms. The van der Waals surface area contributed by atoms with E-state index in [0.29, 0.717) is 22.2 Å². The van der Waals surface area contributed by atoms with Gasteiger partial charge in [0.2, 0.25) is 0 Å². The van der Waals surface area contributed by atoms with Gasteiger partial charge in [-0.15, -0.1) is 0 Å². The Morgan fingerprint density at radius 1 is 1.13 bits per heavy atom. The third-order valence-corrected chi connectivity index (χ3v) is 5.63. The number of fused-ring (bicyclic) bond motifs is 1. The molecule has 0 aliphatic heterocycles. The first-order chi connectivity index (χ1) is 14.5. The van der Waals surface area contributed by atoms with Crippen LogP contribution in [0.15, 0.2) is 72.1 Å². The topological polar surface area (TPSA) is 59.3 Å². The minimum Gasteiger partial charge on any atom is -0.340 e. The number of para-hydroxylation sites is 1. The van der Waals surface area contributed by atoms with Crippen molar-refractivity contribution in [3.63, 3.8) is 0 Å². The molecule has 0 aliphatic rings. The lowest BCUT2D eigenvalue weighted by Gasteiger charge is -2.09. The van der Waals surface area contributed by atoms with Crippen LogP contribution in [0.5, 0.6) is 0 Å². The third-order valence-electron chi connectivity index (χ3n) is 4.89. The standard InChI is InChI=1S/C23H18Cl2N4O/c1-15-19(13-27-28-23(30)17-5-4-10-26-12-17)18-6-2-3-7-22(18)29(15)14-16-8-9-20(24)21(25)11-16/h2-13H,14H2,1H3,(H,28,30)/b27-13-. The molecule has 7 heteroatoms. The summed E-state index contributed by atoms with van der Waals surface area (Å²) in [6.45, 7) is 2.67. The monoisotopic (exact) mass is 436 g/mol. The molecule has 2 aromatic heterocycles. The Morgan fingerprint density at radius 3 is 2.73 bits per heavy atom. The predicted molar refractivity (Wildman–Crippen MR) is 122 cm³/mol. The van der Waals surface area contributed by atoms with Crippen LogP contribution in [0.1, 0.15) is 27.2 Å². The van der Waals surface area contributed by atoms with Gasteiger partial charge in [-0.2, -0.15) is 5.10 Å². The lowest BCUT2D eigenvalue weighted by atomic mass is 10.1. The van der Waals surface area contributed by atoms with Crippen molar-refractivity contribution in [2.45, 2.75) is 13.5 Å². The maximum Gasteiger partial charge on any atom is 0.272 e. The number of nitrogens with one attached hydrogen (secondary N) is 1. The molecule has 30 heavy (non-hydrogen) atoms. The van der Waals surface area contributed by atoms with Crippen LogP contribution in [0.25, 0.3) is 10.9 Å².